The summed E-state index contributed by atoms with van der Waals surface area (Å²) in [4.78, 5) is 12.5. The maximum atomic E-state index is 14.0. The number of pyridine rings is 1. The van der Waals surface area contributed by atoms with Crippen molar-refractivity contribution >= 4 is 22.4 Å². The summed E-state index contributed by atoms with van der Waals surface area (Å²) in [5.74, 6) is 0.822. The maximum absolute atomic E-state index is 14.0. The normalized spacial score (nSPS) is 17.6. The number of para-hydroxylation sites is 1. The number of aromatic nitrogens is 2. The van der Waals surface area contributed by atoms with Crippen LogP contribution in [0.25, 0.3) is 10.9 Å². The molecule has 0 amide bonds. The molecular formula is C20H21FN4O. The summed E-state index contributed by atoms with van der Waals surface area (Å²) < 4.78 is 19.4. The number of hydrogen-bond donors (Lipinski definition) is 1. The number of rotatable bonds is 2. The predicted molar refractivity (Wildman–Crippen MR) is 100 cm³/mol. The van der Waals surface area contributed by atoms with Crippen molar-refractivity contribution in [2.45, 2.75) is 13.0 Å². The molecule has 3 aromatic rings. The number of nitrogens with zero attached hydrogens (tertiary/aromatic N) is 3. The number of fused-ring (bicyclic) bond motifs is 3. The van der Waals surface area contributed by atoms with E-state index < -0.39 is 0 Å². The van der Waals surface area contributed by atoms with Crippen LogP contribution in [0, 0.1) is 5.82 Å². The first-order valence-electron chi connectivity index (χ1n) is 9.11. The number of H-pyrrole nitrogens is 1. The Morgan fingerprint density at radius 1 is 1.04 bits per heavy atom. The Morgan fingerprint density at radius 2 is 1.92 bits per heavy atom. The van der Waals surface area contributed by atoms with Gasteiger partial charge >= 0.3 is 0 Å². The fraction of sp³-hybridized carbons (Fsp3) is 0.350. The van der Waals surface area contributed by atoms with Gasteiger partial charge in [0.2, 0.25) is 0 Å². The molecule has 0 radical (unpaired) electrons. The number of hydrogen-bond acceptors (Lipinski definition) is 4. The first-order chi connectivity index (χ1) is 12.8. The summed E-state index contributed by atoms with van der Waals surface area (Å²) in [5.41, 5.74) is 4.08. The molecule has 1 N–H and O–H groups in total. The molecule has 2 aliphatic heterocycles. The minimum absolute atomic E-state index is 0.181. The first-order valence-corrected chi connectivity index (χ1v) is 9.11. The molecule has 4 heterocycles. The molecule has 0 bridgehead atoms. The van der Waals surface area contributed by atoms with Gasteiger partial charge in [-0.15, -0.1) is 0 Å². The van der Waals surface area contributed by atoms with E-state index in [1.54, 1.807) is 6.07 Å². The third kappa shape index (κ3) is 2.61. The number of halogens is 1. The number of morpholine rings is 1. The van der Waals surface area contributed by atoms with E-state index in [0.717, 1.165) is 68.4 Å². The summed E-state index contributed by atoms with van der Waals surface area (Å²) in [7, 11) is 0. The van der Waals surface area contributed by atoms with E-state index >= 15 is 0 Å². The van der Waals surface area contributed by atoms with Crippen molar-refractivity contribution in [2.24, 2.45) is 0 Å². The summed E-state index contributed by atoms with van der Waals surface area (Å²) in [6, 6.07) is 9.51. The molecule has 1 aromatic carbocycles. The third-order valence-electron chi connectivity index (χ3n) is 5.39. The highest BCUT2D eigenvalue weighted by Crippen LogP contribution is 2.31. The summed E-state index contributed by atoms with van der Waals surface area (Å²) in [6.45, 7) is 4.96. The second kappa shape index (κ2) is 6.29. The second-order valence-electron chi connectivity index (χ2n) is 6.89. The zero-order valence-corrected chi connectivity index (χ0v) is 14.5. The van der Waals surface area contributed by atoms with Crippen molar-refractivity contribution in [1.29, 1.82) is 0 Å². The smallest absolute Gasteiger partial charge is 0.147 e. The van der Waals surface area contributed by atoms with E-state index in [2.05, 4.69) is 31.9 Å². The van der Waals surface area contributed by atoms with Gasteiger partial charge in [0.25, 0.3) is 0 Å². The second-order valence-corrected chi connectivity index (χ2v) is 6.89. The van der Waals surface area contributed by atoms with Gasteiger partial charge in [-0.2, -0.15) is 0 Å². The van der Waals surface area contributed by atoms with Crippen LogP contribution in [-0.4, -0.2) is 42.8 Å². The van der Waals surface area contributed by atoms with Crippen LogP contribution < -0.4 is 9.80 Å². The topological polar surface area (TPSA) is 44.4 Å². The number of anilines is 2. The Morgan fingerprint density at radius 3 is 2.73 bits per heavy atom. The molecule has 0 atom stereocenters. The van der Waals surface area contributed by atoms with Crippen LogP contribution in [0.1, 0.15) is 11.3 Å². The average Bonchev–Trinajstić information content (AvgIpc) is 3.08. The molecule has 6 heteroatoms. The average molecular weight is 352 g/mol. The predicted octanol–water partition coefficient (Wildman–Crippen LogP) is 3.10. The lowest BCUT2D eigenvalue weighted by Gasteiger charge is -2.30. The highest BCUT2D eigenvalue weighted by Gasteiger charge is 2.22. The number of aromatic amines is 1. The molecular weight excluding hydrogens is 331 g/mol. The summed E-state index contributed by atoms with van der Waals surface area (Å²) >= 11 is 0. The first kappa shape index (κ1) is 15.6. The van der Waals surface area contributed by atoms with Gasteiger partial charge in [0.05, 0.1) is 37.2 Å². The molecule has 1 saturated heterocycles. The largest absolute Gasteiger partial charge is 0.378 e. The van der Waals surface area contributed by atoms with Crippen LogP contribution in [-0.2, 0) is 17.7 Å². The lowest BCUT2D eigenvalue weighted by molar-refractivity contribution is 0.122. The van der Waals surface area contributed by atoms with Crippen LogP contribution in [0.4, 0.5) is 15.9 Å². The zero-order valence-electron chi connectivity index (χ0n) is 14.5. The monoisotopic (exact) mass is 352 g/mol. The molecule has 134 valence electrons. The SMILES string of the molecule is Fc1cccc2c3c([nH]c12)CN(c1ccc(N2CCOCC2)nc1)CC3. The fourth-order valence-electron chi connectivity index (χ4n) is 3.99. The Bertz CT molecular complexity index is 931. The highest BCUT2D eigenvalue weighted by molar-refractivity contribution is 5.85. The van der Waals surface area contributed by atoms with Crippen LogP contribution in [0.15, 0.2) is 36.5 Å². The van der Waals surface area contributed by atoms with Gasteiger partial charge in [-0.25, -0.2) is 9.37 Å². The van der Waals surface area contributed by atoms with Crippen LogP contribution in [0.5, 0.6) is 0 Å². The molecule has 26 heavy (non-hydrogen) atoms. The van der Waals surface area contributed by atoms with Crippen molar-refractivity contribution in [3.63, 3.8) is 0 Å². The van der Waals surface area contributed by atoms with E-state index in [1.807, 2.05) is 12.3 Å². The molecule has 0 aliphatic carbocycles. The molecule has 0 spiro atoms. The Labute approximate surface area is 151 Å². The Balaban J connectivity index is 1.39. The number of ether oxygens (including phenoxy) is 1. The number of benzene rings is 1. The van der Waals surface area contributed by atoms with Crippen molar-refractivity contribution in [1.82, 2.24) is 9.97 Å². The lowest BCUT2D eigenvalue weighted by Crippen LogP contribution is -2.36. The molecule has 0 saturated carbocycles. The van der Waals surface area contributed by atoms with Gasteiger partial charge in [0.15, 0.2) is 0 Å². The maximum Gasteiger partial charge on any atom is 0.147 e. The zero-order chi connectivity index (χ0) is 17.5. The Hall–Kier alpha value is -2.60. The van der Waals surface area contributed by atoms with E-state index in [9.17, 15) is 4.39 Å². The molecule has 5 nitrogen and oxygen atoms in total. The Kier molecular flexibility index (Phi) is 3.78. The summed E-state index contributed by atoms with van der Waals surface area (Å²) in [5, 5.41) is 1.01. The minimum Gasteiger partial charge on any atom is -0.378 e. The van der Waals surface area contributed by atoms with Crippen LogP contribution in [0.3, 0.4) is 0 Å². The lowest BCUT2D eigenvalue weighted by atomic mass is 10.0. The van der Waals surface area contributed by atoms with Crippen LogP contribution in [0.2, 0.25) is 0 Å². The summed E-state index contributed by atoms with van der Waals surface area (Å²) in [6.07, 6.45) is 2.85. The van der Waals surface area contributed by atoms with Gasteiger partial charge in [0.1, 0.15) is 11.6 Å². The third-order valence-corrected chi connectivity index (χ3v) is 5.39. The molecule has 2 aliphatic rings. The fourth-order valence-corrected chi connectivity index (χ4v) is 3.99. The minimum atomic E-state index is -0.181. The van der Waals surface area contributed by atoms with Gasteiger partial charge in [-0.05, 0) is 30.2 Å². The highest BCUT2D eigenvalue weighted by atomic mass is 19.1. The van der Waals surface area contributed by atoms with Crippen molar-refractivity contribution in [3.05, 3.63) is 53.6 Å². The van der Waals surface area contributed by atoms with Gasteiger partial charge < -0.3 is 19.5 Å². The molecule has 2 aromatic heterocycles. The van der Waals surface area contributed by atoms with Gasteiger partial charge in [-0.3, -0.25) is 0 Å². The van der Waals surface area contributed by atoms with E-state index in [4.69, 9.17) is 4.74 Å². The van der Waals surface area contributed by atoms with E-state index in [1.165, 1.54) is 11.6 Å². The molecule has 1 fully saturated rings. The van der Waals surface area contributed by atoms with E-state index in [-0.39, 0.29) is 5.82 Å². The van der Waals surface area contributed by atoms with Gasteiger partial charge in [0, 0.05) is 30.7 Å². The van der Waals surface area contributed by atoms with Crippen LogP contribution >= 0.6 is 0 Å². The molecule has 0 unspecified atom stereocenters. The standard InChI is InChI=1S/C20H21FN4O/c21-17-3-1-2-16-15-6-7-25(13-18(15)23-20(16)17)14-4-5-19(22-12-14)24-8-10-26-11-9-24/h1-5,12,23H,6-11,13H2. The van der Waals surface area contributed by atoms with Crippen molar-refractivity contribution in [3.8, 4) is 0 Å². The van der Waals surface area contributed by atoms with Crippen molar-refractivity contribution in [2.75, 3.05) is 42.6 Å². The quantitative estimate of drug-likeness (QED) is 0.770. The van der Waals surface area contributed by atoms with Crippen molar-refractivity contribution < 1.29 is 9.13 Å². The number of nitrogens with one attached hydrogen (secondary N) is 1. The van der Waals surface area contributed by atoms with Gasteiger partial charge in [-0.1, -0.05) is 12.1 Å². The van der Waals surface area contributed by atoms with E-state index in [0.29, 0.717) is 5.52 Å². The molecule has 5 rings (SSSR count).